The van der Waals surface area contributed by atoms with E-state index in [1.807, 2.05) is 0 Å². The molecule has 30 heavy (non-hydrogen) atoms. The number of methoxy groups -OCH3 is 1. The van der Waals surface area contributed by atoms with Crippen molar-refractivity contribution in [3.63, 3.8) is 0 Å². The van der Waals surface area contributed by atoms with Gasteiger partial charge in [-0.2, -0.15) is 0 Å². The Morgan fingerprint density at radius 1 is 0.900 bits per heavy atom. The SMILES string of the molecule is COc1nn(C)cc1C(=O)Nc1ccc(C(=O)Nc2cccc(NC(C)=O)c2)cc1. The van der Waals surface area contributed by atoms with Crippen molar-refractivity contribution in [2.75, 3.05) is 23.1 Å². The highest BCUT2D eigenvalue weighted by molar-refractivity contribution is 6.07. The van der Waals surface area contributed by atoms with E-state index in [1.165, 1.54) is 18.7 Å². The minimum atomic E-state index is -0.369. The Morgan fingerprint density at radius 2 is 1.53 bits per heavy atom. The fourth-order valence-corrected chi connectivity index (χ4v) is 2.76. The molecule has 0 saturated carbocycles. The molecular weight excluding hydrogens is 386 g/mol. The highest BCUT2D eigenvalue weighted by Crippen LogP contribution is 2.19. The molecule has 0 aliphatic carbocycles. The topological polar surface area (TPSA) is 114 Å². The van der Waals surface area contributed by atoms with Crippen molar-refractivity contribution < 1.29 is 19.1 Å². The van der Waals surface area contributed by atoms with Gasteiger partial charge in [-0.3, -0.25) is 19.1 Å². The van der Waals surface area contributed by atoms with Crippen LogP contribution in [0.1, 0.15) is 27.6 Å². The molecule has 0 saturated heterocycles. The molecule has 0 unspecified atom stereocenters. The molecule has 3 rings (SSSR count). The Morgan fingerprint density at radius 3 is 2.17 bits per heavy atom. The molecule has 0 radical (unpaired) electrons. The van der Waals surface area contributed by atoms with Gasteiger partial charge in [0.1, 0.15) is 5.56 Å². The molecule has 1 aromatic heterocycles. The maximum atomic E-state index is 12.5. The van der Waals surface area contributed by atoms with Crippen molar-refractivity contribution in [3.8, 4) is 5.88 Å². The number of anilines is 3. The van der Waals surface area contributed by atoms with E-state index < -0.39 is 0 Å². The monoisotopic (exact) mass is 407 g/mol. The van der Waals surface area contributed by atoms with Crippen LogP contribution in [0.5, 0.6) is 5.88 Å². The van der Waals surface area contributed by atoms with Gasteiger partial charge < -0.3 is 20.7 Å². The standard InChI is InChI=1S/C21H21N5O4/c1-13(27)22-16-5-4-6-17(11-16)24-19(28)14-7-9-15(10-8-14)23-20(29)18-12-26(2)25-21(18)30-3/h4-12H,1-3H3,(H,22,27)(H,23,29)(H,24,28). The summed E-state index contributed by atoms with van der Waals surface area (Å²) in [6.45, 7) is 1.41. The number of aryl methyl sites for hydroxylation is 1. The first kappa shape index (κ1) is 20.6. The zero-order valence-electron chi connectivity index (χ0n) is 16.7. The van der Waals surface area contributed by atoms with Crippen LogP contribution in [0.4, 0.5) is 17.1 Å². The zero-order valence-corrected chi connectivity index (χ0v) is 16.7. The molecule has 0 atom stereocenters. The van der Waals surface area contributed by atoms with Crippen LogP contribution in [-0.2, 0) is 11.8 Å². The normalized spacial score (nSPS) is 10.2. The van der Waals surface area contributed by atoms with Gasteiger partial charge in [0.2, 0.25) is 11.8 Å². The number of benzene rings is 2. The van der Waals surface area contributed by atoms with E-state index in [-0.39, 0.29) is 23.6 Å². The summed E-state index contributed by atoms with van der Waals surface area (Å²) in [5.74, 6) is -0.652. The lowest BCUT2D eigenvalue weighted by molar-refractivity contribution is -0.114. The maximum Gasteiger partial charge on any atom is 0.262 e. The van der Waals surface area contributed by atoms with Crippen LogP contribution < -0.4 is 20.7 Å². The second-order valence-electron chi connectivity index (χ2n) is 6.47. The highest BCUT2D eigenvalue weighted by Gasteiger charge is 2.16. The van der Waals surface area contributed by atoms with Crippen molar-refractivity contribution in [2.24, 2.45) is 7.05 Å². The van der Waals surface area contributed by atoms with Gasteiger partial charge in [-0.15, -0.1) is 5.10 Å². The van der Waals surface area contributed by atoms with Crippen LogP contribution in [0, 0.1) is 0 Å². The third-order valence-electron chi connectivity index (χ3n) is 4.08. The Kier molecular flexibility index (Phi) is 6.11. The lowest BCUT2D eigenvalue weighted by atomic mass is 10.1. The van der Waals surface area contributed by atoms with E-state index in [1.54, 1.807) is 61.8 Å². The summed E-state index contributed by atoms with van der Waals surface area (Å²) in [7, 11) is 3.14. The molecule has 0 spiro atoms. The number of rotatable bonds is 6. The van der Waals surface area contributed by atoms with Crippen LogP contribution in [0.3, 0.4) is 0 Å². The summed E-state index contributed by atoms with van der Waals surface area (Å²) in [5.41, 5.74) is 2.38. The van der Waals surface area contributed by atoms with Crippen LogP contribution >= 0.6 is 0 Å². The van der Waals surface area contributed by atoms with E-state index in [0.29, 0.717) is 28.2 Å². The van der Waals surface area contributed by atoms with Gasteiger partial charge in [-0.05, 0) is 42.5 Å². The minimum Gasteiger partial charge on any atom is -0.479 e. The molecule has 1 heterocycles. The molecular formula is C21H21N5O4. The lowest BCUT2D eigenvalue weighted by Crippen LogP contribution is -2.14. The second-order valence-corrected chi connectivity index (χ2v) is 6.47. The van der Waals surface area contributed by atoms with E-state index in [9.17, 15) is 14.4 Å². The van der Waals surface area contributed by atoms with Crippen molar-refractivity contribution in [3.05, 3.63) is 65.9 Å². The summed E-state index contributed by atoms with van der Waals surface area (Å²) in [5, 5.41) is 12.2. The first-order valence-corrected chi connectivity index (χ1v) is 9.04. The number of hydrogen-bond acceptors (Lipinski definition) is 5. The van der Waals surface area contributed by atoms with Crippen molar-refractivity contribution in [1.29, 1.82) is 0 Å². The lowest BCUT2D eigenvalue weighted by Gasteiger charge is -2.09. The number of nitrogens with one attached hydrogen (secondary N) is 3. The number of nitrogens with zero attached hydrogens (tertiary/aromatic N) is 2. The molecule has 9 nitrogen and oxygen atoms in total. The largest absolute Gasteiger partial charge is 0.479 e. The Hall–Kier alpha value is -4.14. The molecule has 0 bridgehead atoms. The van der Waals surface area contributed by atoms with E-state index in [2.05, 4.69) is 21.0 Å². The average molecular weight is 407 g/mol. The number of carbonyl (C=O) groups excluding carboxylic acids is 3. The summed E-state index contributed by atoms with van der Waals surface area (Å²) >= 11 is 0. The van der Waals surface area contributed by atoms with Crippen LogP contribution in [-0.4, -0.2) is 34.6 Å². The van der Waals surface area contributed by atoms with Gasteiger partial charge in [-0.25, -0.2) is 0 Å². The van der Waals surface area contributed by atoms with Gasteiger partial charge >= 0.3 is 0 Å². The molecule has 0 fully saturated rings. The van der Waals surface area contributed by atoms with Crippen molar-refractivity contribution in [1.82, 2.24) is 9.78 Å². The highest BCUT2D eigenvalue weighted by atomic mass is 16.5. The van der Waals surface area contributed by atoms with Gasteiger partial charge in [0.15, 0.2) is 0 Å². The molecule has 3 aromatic rings. The van der Waals surface area contributed by atoms with Crippen LogP contribution in [0.25, 0.3) is 0 Å². The van der Waals surface area contributed by atoms with Gasteiger partial charge in [-0.1, -0.05) is 6.07 Å². The first-order chi connectivity index (χ1) is 14.4. The van der Waals surface area contributed by atoms with Crippen molar-refractivity contribution >= 4 is 34.8 Å². The third kappa shape index (κ3) is 5.02. The number of ether oxygens (including phenoxy) is 1. The van der Waals surface area contributed by atoms with E-state index in [0.717, 1.165) is 0 Å². The molecule has 2 aromatic carbocycles. The number of carbonyl (C=O) groups is 3. The Bertz CT molecular complexity index is 1090. The molecule has 3 amide bonds. The molecule has 0 aliphatic rings. The minimum absolute atomic E-state index is 0.194. The first-order valence-electron chi connectivity index (χ1n) is 9.04. The Balaban J connectivity index is 1.66. The van der Waals surface area contributed by atoms with Gasteiger partial charge in [0.05, 0.1) is 7.11 Å². The van der Waals surface area contributed by atoms with E-state index in [4.69, 9.17) is 4.74 Å². The predicted molar refractivity (Wildman–Crippen MR) is 113 cm³/mol. The fourth-order valence-electron chi connectivity index (χ4n) is 2.76. The summed E-state index contributed by atoms with van der Waals surface area (Å²) in [6.07, 6.45) is 1.56. The summed E-state index contributed by atoms with van der Waals surface area (Å²) < 4.78 is 6.58. The van der Waals surface area contributed by atoms with Crippen molar-refractivity contribution in [2.45, 2.75) is 6.92 Å². The molecule has 0 aliphatic heterocycles. The molecule has 3 N–H and O–H groups in total. The Labute approximate surface area is 173 Å². The number of aromatic nitrogens is 2. The van der Waals surface area contributed by atoms with Crippen LogP contribution in [0.2, 0.25) is 0 Å². The maximum absolute atomic E-state index is 12.5. The van der Waals surface area contributed by atoms with Gasteiger partial charge in [0, 0.05) is 42.8 Å². The van der Waals surface area contributed by atoms with Gasteiger partial charge in [0.25, 0.3) is 11.8 Å². The number of hydrogen-bond donors (Lipinski definition) is 3. The zero-order chi connectivity index (χ0) is 21.7. The number of amides is 3. The average Bonchev–Trinajstić information content (AvgIpc) is 3.09. The molecule has 154 valence electrons. The second kappa shape index (κ2) is 8.91. The smallest absolute Gasteiger partial charge is 0.262 e. The van der Waals surface area contributed by atoms with Crippen LogP contribution in [0.15, 0.2) is 54.7 Å². The quantitative estimate of drug-likeness (QED) is 0.581. The predicted octanol–water partition coefficient (Wildman–Crippen LogP) is 2.89. The summed E-state index contributed by atoms with van der Waals surface area (Å²) in [4.78, 5) is 36.1. The van der Waals surface area contributed by atoms with E-state index >= 15 is 0 Å². The summed E-state index contributed by atoms with van der Waals surface area (Å²) in [6, 6.07) is 13.3. The molecule has 9 heteroatoms. The third-order valence-corrected chi connectivity index (χ3v) is 4.08. The fraction of sp³-hybridized carbons (Fsp3) is 0.143.